The van der Waals surface area contributed by atoms with Gasteiger partial charge in [-0.25, -0.2) is 4.79 Å². The Bertz CT molecular complexity index is 925. The summed E-state index contributed by atoms with van der Waals surface area (Å²) in [7, 11) is 0. The van der Waals surface area contributed by atoms with E-state index in [-0.39, 0.29) is 12.2 Å². The number of carbonyl (C=O) groups excluding carboxylic acids is 2. The number of hydrogen-bond donors (Lipinski definition) is 1. The number of amides is 1. The molecule has 0 atom stereocenters. The fraction of sp³-hybridized carbons (Fsp3) is 0.320. The number of aryl methyl sites for hydroxylation is 1. The number of ether oxygens (including phenoxy) is 2. The van der Waals surface area contributed by atoms with Gasteiger partial charge >= 0.3 is 5.97 Å². The molecule has 0 heterocycles. The third kappa shape index (κ3) is 8.35. The Morgan fingerprint density at radius 2 is 1.68 bits per heavy atom. The molecule has 2 rings (SSSR count). The zero-order valence-electron chi connectivity index (χ0n) is 18.0. The maximum atomic E-state index is 12.0. The maximum absolute atomic E-state index is 12.0. The number of carbonyl (C=O) groups is 2. The topological polar surface area (TPSA) is 88.4 Å². The summed E-state index contributed by atoms with van der Waals surface area (Å²) in [6.07, 6.45) is 5.40. The third-order valence-electron chi connectivity index (χ3n) is 4.42. The lowest BCUT2D eigenvalue weighted by atomic mass is 10.1. The van der Waals surface area contributed by atoms with Crippen molar-refractivity contribution in [3.05, 3.63) is 65.2 Å². The van der Waals surface area contributed by atoms with Crippen LogP contribution in [0.25, 0.3) is 6.08 Å². The first kappa shape index (κ1) is 23.7. The van der Waals surface area contributed by atoms with Gasteiger partial charge in [0.25, 0.3) is 5.91 Å². The van der Waals surface area contributed by atoms with Gasteiger partial charge in [0.05, 0.1) is 0 Å². The van der Waals surface area contributed by atoms with E-state index in [0.29, 0.717) is 23.6 Å². The minimum Gasteiger partial charge on any atom is -0.482 e. The van der Waals surface area contributed by atoms with Crippen molar-refractivity contribution >= 4 is 18.0 Å². The second kappa shape index (κ2) is 12.9. The van der Waals surface area contributed by atoms with E-state index in [2.05, 4.69) is 12.2 Å². The summed E-state index contributed by atoms with van der Waals surface area (Å²) < 4.78 is 10.7. The second-order valence-corrected chi connectivity index (χ2v) is 7.01. The molecule has 0 spiro atoms. The van der Waals surface area contributed by atoms with Crippen LogP contribution in [-0.2, 0) is 16.0 Å². The quantitative estimate of drug-likeness (QED) is 0.191. The highest BCUT2D eigenvalue weighted by Crippen LogP contribution is 2.16. The van der Waals surface area contributed by atoms with E-state index < -0.39 is 11.9 Å². The molecule has 0 unspecified atom stereocenters. The van der Waals surface area contributed by atoms with Crippen molar-refractivity contribution in [3.63, 3.8) is 0 Å². The lowest BCUT2D eigenvalue weighted by Gasteiger charge is -2.08. The summed E-state index contributed by atoms with van der Waals surface area (Å²) in [5, 5.41) is 11.9. The molecule has 0 saturated heterocycles. The highest BCUT2D eigenvalue weighted by Gasteiger charge is 2.09. The van der Waals surface area contributed by atoms with Gasteiger partial charge in [0.2, 0.25) is 0 Å². The number of hydrogen-bond acceptors (Lipinski definition) is 5. The normalized spacial score (nSPS) is 10.8. The molecule has 0 aliphatic heterocycles. The smallest absolute Gasteiger partial charge is 0.349 e. The first-order valence-corrected chi connectivity index (χ1v) is 10.5. The Kier molecular flexibility index (Phi) is 9.83. The Hall–Kier alpha value is -3.59. The molecule has 1 N–H and O–H groups in total. The standard InChI is InChI=1S/C25H28N2O4/c1-3-5-15-27-25(29)21(17-26)16-20-9-13-23(14-10-20)31-24(28)18-30-22-11-7-19(6-4-2)8-12-22/h7-14,16H,3-6,15,18H2,1-2H3,(H,27,29)/b21-16+. The number of nitrogens with zero attached hydrogens (tertiary/aromatic N) is 1. The van der Waals surface area contributed by atoms with Crippen LogP contribution in [0.4, 0.5) is 0 Å². The molecule has 0 fully saturated rings. The van der Waals surface area contributed by atoms with Crippen LogP contribution in [0.5, 0.6) is 11.5 Å². The van der Waals surface area contributed by atoms with E-state index in [0.717, 1.165) is 25.7 Å². The van der Waals surface area contributed by atoms with Crippen molar-refractivity contribution in [2.75, 3.05) is 13.2 Å². The molecular weight excluding hydrogens is 392 g/mol. The van der Waals surface area contributed by atoms with Crippen molar-refractivity contribution in [1.29, 1.82) is 5.26 Å². The fourth-order valence-corrected chi connectivity index (χ4v) is 2.77. The molecule has 0 aromatic heterocycles. The lowest BCUT2D eigenvalue weighted by Crippen LogP contribution is -2.25. The molecule has 162 valence electrons. The molecule has 0 saturated carbocycles. The molecule has 31 heavy (non-hydrogen) atoms. The van der Waals surface area contributed by atoms with Crippen LogP contribution in [-0.4, -0.2) is 25.0 Å². The molecule has 0 aliphatic rings. The van der Waals surface area contributed by atoms with E-state index in [1.54, 1.807) is 24.3 Å². The van der Waals surface area contributed by atoms with Gasteiger partial charge in [-0.15, -0.1) is 0 Å². The average molecular weight is 421 g/mol. The summed E-state index contributed by atoms with van der Waals surface area (Å²) >= 11 is 0. The van der Waals surface area contributed by atoms with Gasteiger partial charge in [-0.05, 0) is 54.3 Å². The van der Waals surface area contributed by atoms with Crippen molar-refractivity contribution < 1.29 is 19.1 Å². The molecule has 6 nitrogen and oxygen atoms in total. The zero-order valence-corrected chi connectivity index (χ0v) is 18.0. The Morgan fingerprint density at radius 3 is 2.29 bits per heavy atom. The molecule has 2 aromatic carbocycles. The number of unbranched alkanes of at least 4 members (excludes halogenated alkanes) is 1. The molecular formula is C25H28N2O4. The van der Waals surface area contributed by atoms with Gasteiger partial charge in [-0.1, -0.05) is 51.0 Å². The van der Waals surface area contributed by atoms with Crippen LogP contribution in [0.3, 0.4) is 0 Å². The van der Waals surface area contributed by atoms with Crippen molar-refractivity contribution in [2.24, 2.45) is 0 Å². The Labute approximate surface area is 183 Å². The number of nitrogens with one attached hydrogen (secondary N) is 1. The predicted octanol–water partition coefficient (Wildman–Crippen LogP) is 4.45. The first-order chi connectivity index (χ1) is 15.0. The molecule has 0 bridgehead atoms. The van der Waals surface area contributed by atoms with Gasteiger partial charge in [0, 0.05) is 6.54 Å². The van der Waals surface area contributed by atoms with E-state index >= 15 is 0 Å². The van der Waals surface area contributed by atoms with Gasteiger partial charge in [0.1, 0.15) is 23.1 Å². The van der Waals surface area contributed by atoms with Gasteiger partial charge in [-0.2, -0.15) is 5.26 Å². The van der Waals surface area contributed by atoms with E-state index in [1.807, 2.05) is 37.3 Å². The summed E-state index contributed by atoms with van der Waals surface area (Å²) in [4.78, 5) is 24.0. The van der Waals surface area contributed by atoms with Crippen molar-refractivity contribution in [1.82, 2.24) is 5.32 Å². The monoisotopic (exact) mass is 420 g/mol. The van der Waals surface area contributed by atoms with Crippen LogP contribution >= 0.6 is 0 Å². The molecule has 0 radical (unpaired) electrons. The molecule has 6 heteroatoms. The van der Waals surface area contributed by atoms with Crippen LogP contribution in [0.15, 0.2) is 54.1 Å². The first-order valence-electron chi connectivity index (χ1n) is 10.5. The van der Waals surface area contributed by atoms with Gasteiger partial charge in [0.15, 0.2) is 6.61 Å². The Balaban J connectivity index is 1.87. The summed E-state index contributed by atoms with van der Waals surface area (Å²) in [5.41, 5.74) is 1.91. The fourth-order valence-electron chi connectivity index (χ4n) is 2.77. The Morgan fingerprint density at radius 1 is 1.00 bits per heavy atom. The van der Waals surface area contributed by atoms with Gasteiger partial charge in [-0.3, -0.25) is 4.79 Å². The van der Waals surface area contributed by atoms with Crippen molar-refractivity contribution in [2.45, 2.75) is 39.5 Å². The van der Waals surface area contributed by atoms with E-state index in [9.17, 15) is 14.9 Å². The largest absolute Gasteiger partial charge is 0.482 e. The van der Waals surface area contributed by atoms with E-state index in [4.69, 9.17) is 9.47 Å². The second-order valence-electron chi connectivity index (χ2n) is 7.01. The van der Waals surface area contributed by atoms with Crippen LogP contribution in [0.1, 0.15) is 44.2 Å². The SMILES string of the molecule is CCCCNC(=O)/C(C#N)=C/c1ccc(OC(=O)COc2ccc(CCC)cc2)cc1. The zero-order chi connectivity index (χ0) is 22.5. The highest BCUT2D eigenvalue weighted by molar-refractivity contribution is 6.01. The van der Waals surface area contributed by atoms with Crippen LogP contribution in [0.2, 0.25) is 0 Å². The molecule has 1 amide bonds. The lowest BCUT2D eigenvalue weighted by molar-refractivity contribution is -0.136. The number of nitriles is 1. The third-order valence-corrected chi connectivity index (χ3v) is 4.42. The number of benzene rings is 2. The van der Waals surface area contributed by atoms with Crippen molar-refractivity contribution in [3.8, 4) is 17.6 Å². The van der Waals surface area contributed by atoms with E-state index in [1.165, 1.54) is 11.6 Å². The minimum absolute atomic E-state index is 0.0270. The maximum Gasteiger partial charge on any atom is 0.349 e. The van der Waals surface area contributed by atoms with Crippen LogP contribution in [0, 0.1) is 11.3 Å². The number of esters is 1. The highest BCUT2D eigenvalue weighted by atomic mass is 16.6. The van der Waals surface area contributed by atoms with Gasteiger partial charge < -0.3 is 14.8 Å². The van der Waals surface area contributed by atoms with Crippen LogP contribution < -0.4 is 14.8 Å². The average Bonchev–Trinajstić information content (AvgIpc) is 2.78. The summed E-state index contributed by atoms with van der Waals surface area (Å²) in [6.45, 7) is 4.48. The predicted molar refractivity (Wildman–Crippen MR) is 120 cm³/mol. The molecule has 0 aliphatic carbocycles. The summed E-state index contributed by atoms with van der Waals surface area (Å²) in [6, 6.07) is 16.1. The minimum atomic E-state index is -0.519. The molecule has 2 aromatic rings. The summed E-state index contributed by atoms with van der Waals surface area (Å²) in [5.74, 6) is 0.0498. The number of rotatable bonds is 11.